The monoisotopic (exact) mass is 1340 g/mol. The molecular formula is C99H66N6. The topological polar surface area (TPSA) is 48.4 Å². The number of hydrogen-bond donors (Lipinski definition) is 0. The molecule has 12 aromatic carbocycles. The molecule has 0 N–H and O–H groups in total. The lowest BCUT2D eigenvalue weighted by Crippen LogP contribution is -2.26. The van der Waals surface area contributed by atoms with Gasteiger partial charge in [0.2, 0.25) is 0 Å². The van der Waals surface area contributed by atoms with Crippen LogP contribution in [0.2, 0.25) is 0 Å². The number of benzene rings is 12. The molecule has 6 heteroatoms. The second-order valence-corrected chi connectivity index (χ2v) is 30.9. The molecule has 27 rings (SSSR count). The second-order valence-electron chi connectivity index (χ2n) is 30.9. The minimum absolute atomic E-state index is 0.915. The highest BCUT2D eigenvalue weighted by Gasteiger charge is 2.42. The molecule has 3 aromatic heterocycles. The molecule has 0 saturated carbocycles. The maximum Gasteiger partial charge on any atom is 0.0716 e. The molecule has 0 amide bonds. The van der Waals surface area contributed by atoms with Gasteiger partial charge in [0.15, 0.2) is 0 Å². The fourth-order valence-corrected chi connectivity index (χ4v) is 21.5. The fraction of sp³-hybridized carbons (Fsp3) is 0.121. The predicted molar refractivity (Wildman–Crippen MR) is 423 cm³/mol. The van der Waals surface area contributed by atoms with Crippen LogP contribution in [0.1, 0.15) is 134 Å². The minimum atomic E-state index is 0.915. The van der Waals surface area contributed by atoms with Crippen molar-refractivity contribution in [2.75, 3.05) is 14.7 Å². The molecule has 6 aliphatic heterocycles. The Balaban J connectivity index is 0.0000000914. The quantitative estimate of drug-likeness (QED) is 0.151. The van der Waals surface area contributed by atoms with E-state index in [4.69, 9.17) is 15.0 Å². The van der Waals surface area contributed by atoms with Gasteiger partial charge >= 0.3 is 0 Å². The first-order chi connectivity index (χ1) is 52.0. The Kier molecular flexibility index (Phi) is 11.5. The molecule has 0 unspecified atom stereocenters. The van der Waals surface area contributed by atoms with E-state index < -0.39 is 0 Å². The molecule has 6 aliphatic carbocycles. The van der Waals surface area contributed by atoms with Crippen molar-refractivity contribution in [2.24, 2.45) is 0 Å². The normalized spacial score (nSPS) is 14.9. The van der Waals surface area contributed by atoms with Crippen LogP contribution in [0.25, 0.3) is 66.8 Å². The van der Waals surface area contributed by atoms with Crippen molar-refractivity contribution in [3.63, 3.8) is 0 Å². The van der Waals surface area contributed by atoms with Gasteiger partial charge < -0.3 is 14.7 Å². The molecule has 492 valence electrons. The zero-order chi connectivity index (χ0) is 68.0. The van der Waals surface area contributed by atoms with Gasteiger partial charge in [-0.1, -0.05) is 182 Å². The van der Waals surface area contributed by atoms with Crippen LogP contribution in [0.5, 0.6) is 0 Å². The van der Waals surface area contributed by atoms with Crippen LogP contribution in [-0.2, 0) is 77.0 Å². The first kappa shape index (κ1) is 57.1. The fourth-order valence-electron chi connectivity index (χ4n) is 21.5. The van der Waals surface area contributed by atoms with Crippen LogP contribution in [-0.4, -0.2) is 15.0 Å². The Morgan fingerprint density at radius 1 is 0.181 bits per heavy atom. The van der Waals surface area contributed by atoms with Crippen LogP contribution in [0, 0.1) is 0 Å². The Morgan fingerprint density at radius 3 is 0.686 bits per heavy atom. The zero-order valence-corrected chi connectivity index (χ0v) is 57.9. The Morgan fingerprint density at radius 2 is 0.410 bits per heavy atom. The molecule has 0 bridgehead atoms. The van der Waals surface area contributed by atoms with Gasteiger partial charge in [-0.3, -0.25) is 15.0 Å². The van der Waals surface area contributed by atoms with Crippen molar-refractivity contribution in [2.45, 2.75) is 77.0 Å². The predicted octanol–water partition coefficient (Wildman–Crippen LogP) is 22.5. The van der Waals surface area contributed by atoms with Crippen molar-refractivity contribution in [1.29, 1.82) is 0 Å². The molecular weight excluding hydrogens is 1270 g/mol. The lowest BCUT2D eigenvalue weighted by atomic mass is 9.83. The average Bonchev–Trinajstić information content (AvgIpc) is 1.70. The van der Waals surface area contributed by atoms with Crippen molar-refractivity contribution in [3.05, 3.63) is 389 Å². The van der Waals surface area contributed by atoms with E-state index in [1.54, 1.807) is 0 Å². The van der Waals surface area contributed by atoms with Crippen molar-refractivity contribution in [1.82, 2.24) is 15.0 Å². The molecule has 0 fully saturated rings. The summed E-state index contributed by atoms with van der Waals surface area (Å²) in [6, 6.07) is 86.3. The number of nitrogens with zero attached hydrogens (tertiary/aromatic N) is 6. The third-order valence-corrected chi connectivity index (χ3v) is 26.0. The summed E-state index contributed by atoms with van der Waals surface area (Å²) in [5.74, 6) is 0. The van der Waals surface area contributed by atoms with E-state index in [2.05, 4.69) is 258 Å². The van der Waals surface area contributed by atoms with Gasteiger partial charge in [0.1, 0.15) is 0 Å². The Bertz CT molecular complexity index is 5530. The standard InChI is InChI=1S/3C33H22N2/c1-3-7-23-19(5-1)13-27-25(23)9-11-31-29(27)15-21-17-34-18-22-16-30-28-14-20-6-2-4-8-24(20)26(28)10-12-32(30)35(31)33(21)22;2*1-3-7-22-19(5-1)15-26-24(22)9-11-31-28(26)17-21-13-14-34-30-18-29-27-16-20-6-2-4-8-23(20)25(27)10-12-32(29)35(31)33(21)30/h1-12,17-18H,13-16H2;2*1-14H,15-18H2. The van der Waals surface area contributed by atoms with E-state index in [9.17, 15) is 0 Å². The van der Waals surface area contributed by atoms with Gasteiger partial charge in [-0.2, -0.15) is 0 Å². The van der Waals surface area contributed by atoms with Crippen molar-refractivity contribution in [3.8, 4) is 66.8 Å². The van der Waals surface area contributed by atoms with E-state index in [0.29, 0.717) is 0 Å². The second kappa shape index (κ2) is 21.1. The van der Waals surface area contributed by atoms with Crippen molar-refractivity contribution >= 4 is 51.2 Å². The zero-order valence-electron chi connectivity index (χ0n) is 57.9. The third-order valence-electron chi connectivity index (χ3n) is 26.0. The maximum atomic E-state index is 4.92. The smallest absolute Gasteiger partial charge is 0.0716 e. The van der Waals surface area contributed by atoms with E-state index in [1.807, 2.05) is 12.4 Å². The average molecular weight is 1340 g/mol. The summed E-state index contributed by atoms with van der Waals surface area (Å²) in [7, 11) is 0. The highest BCUT2D eigenvalue weighted by atomic mass is 15.2. The van der Waals surface area contributed by atoms with Crippen LogP contribution in [0.3, 0.4) is 0 Å². The Hall–Kier alpha value is -12.5. The van der Waals surface area contributed by atoms with E-state index in [0.717, 1.165) is 77.0 Å². The molecule has 0 spiro atoms. The molecule has 12 aliphatic rings. The first-order valence-electron chi connectivity index (χ1n) is 37.7. The van der Waals surface area contributed by atoms with Crippen molar-refractivity contribution < 1.29 is 0 Å². The highest BCUT2D eigenvalue weighted by Crippen LogP contribution is 2.60. The molecule has 9 heterocycles. The van der Waals surface area contributed by atoms with E-state index in [1.165, 1.54) is 252 Å². The molecule has 15 aromatic rings. The molecule has 105 heavy (non-hydrogen) atoms. The van der Waals surface area contributed by atoms with Crippen LogP contribution < -0.4 is 14.7 Å². The first-order valence-corrected chi connectivity index (χ1v) is 37.7. The van der Waals surface area contributed by atoms with Crippen LogP contribution in [0.4, 0.5) is 51.2 Å². The third kappa shape index (κ3) is 7.85. The van der Waals surface area contributed by atoms with Gasteiger partial charge in [0.25, 0.3) is 0 Å². The minimum Gasteiger partial charge on any atom is -0.309 e. The summed E-state index contributed by atoms with van der Waals surface area (Å²) in [5.41, 5.74) is 63.4. The number of fused-ring (bicyclic) bond motifs is 36. The van der Waals surface area contributed by atoms with Gasteiger partial charge in [-0.15, -0.1) is 0 Å². The number of pyridine rings is 3. The Labute approximate surface area is 609 Å². The van der Waals surface area contributed by atoms with E-state index >= 15 is 0 Å². The summed E-state index contributed by atoms with van der Waals surface area (Å²) in [5, 5.41) is 0. The molecule has 0 atom stereocenters. The summed E-state index contributed by atoms with van der Waals surface area (Å²) in [4.78, 5) is 22.2. The van der Waals surface area contributed by atoms with Crippen LogP contribution >= 0.6 is 0 Å². The maximum absolute atomic E-state index is 4.92. The number of aromatic nitrogens is 3. The summed E-state index contributed by atoms with van der Waals surface area (Å²) >= 11 is 0. The molecule has 6 nitrogen and oxygen atoms in total. The van der Waals surface area contributed by atoms with Gasteiger partial charge in [0.05, 0.1) is 62.6 Å². The molecule has 0 saturated heterocycles. The lowest BCUT2D eigenvalue weighted by Gasteiger charge is -2.40. The van der Waals surface area contributed by atoms with Gasteiger partial charge in [0, 0.05) is 63.3 Å². The van der Waals surface area contributed by atoms with Crippen LogP contribution in [0.15, 0.2) is 255 Å². The number of rotatable bonds is 0. The van der Waals surface area contributed by atoms with E-state index in [-0.39, 0.29) is 0 Å². The van der Waals surface area contributed by atoms with Gasteiger partial charge in [-0.25, -0.2) is 0 Å². The largest absolute Gasteiger partial charge is 0.309 e. The molecule has 0 radical (unpaired) electrons. The number of anilines is 9. The summed E-state index contributed by atoms with van der Waals surface area (Å²) < 4.78 is 0. The summed E-state index contributed by atoms with van der Waals surface area (Å²) in [6.07, 6.45) is 20.1. The lowest BCUT2D eigenvalue weighted by molar-refractivity contribution is 0.943. The highest BCUT2D eigenvalue weighted by molar-refractivity contribution is 5.99. The van der Waals surface area contributed by atoms with Gasteiger partial charge in [-0.05, 0) is 276 Å². The number of hydrogen-bond acceptors (Lipinski definition) is 6. The SMILES string of the molecule is c1ccc2c(c1)Cc1c-2ccc2c1Cc1ccnc3c1N2c1ccc2c(c1C3)Cc1ccccc1-2.c1ccc2c(c1)Cc1c-2ccc2c1Cc1ccnc3c1N2c1ccc2c(c1C3)Cc1ccccc1-2.c1ccc2c(c1)Cc1c-2ccc2c1Cc1cncc3c1N2c1ccc2c(c1C3)Cc1ccccc1-2. The summed E-state index contributed by atoms with van der Waals surface area (Å²) in [6.45, 7) is 0.